The van der Waals surface area contributed by atoms with Crippen LogP contribution in [-0.4, -0.2) is 17.9 Å². The van der Waals surface area contributed by atoms with Gasteiger partial charge in [-0.2, -0.15) is 5.10 Å². The van der Waals surface area contributed by atoms with Crippen LogP contribution in [-0.2, 0) is 0 Å². The van der Waals surface area contributed by atoms with Crippen LogP contribution in [0.1, 0.15) is 5.56 Å². The Bertz CT molecular complexity index is 364. The van der Waals surface area contributed by atoms with E-state index in [1.54, 1.807) is 19.2 Å². The highest BCUT2D eigenvalue weighted by atomic mass is 79.9. The van der Waals surface area contributed by atoms with E-state index in [0.717, 1.165) is 10.0 Å². The second-order valence-electron chi connectivity index (χ2n) is 2.69. The first-order valence-electron chi connectivity index (χ1n) is 3.78. The monoisotopic (exact) mass is 276 g/mol. The Morgan fingerprint density at radius 1 is 1.57 bits per heavy atom. The number of hydrazone groups is 1. The zero-order valence-electron chi connectivity index (χ0n) is 7.54. The number of amidine groups is 1. The van der Waals surface area contributed by atoms with Crippen LogP contribution in [0.2, 0.25) is 5.02 Å². The summed E-state index contributed by atoms with van der Waals surface area (Å²) < 4.78 is 0.836. The lowest BCUT2D eigenvalue weighted by Gasteiger charge is -2.15. The molecule has 1 rings (SSSR count). The lowest BCUT2D eigenvalue weighted by molar-refractivity contribution is 0.537. The van der Waals surface area contributed by atoms with Crippen LogP contribution in [0.15, 0.2) is 27.8 Å². The third kappa shape index (κ3) is 2.37. The molecule has 0 saturated heterocycles. The van der Waals surface area contributed by atoms with Gasteiger partial charge in [-0.15, -0.1) is 0 Å². The lowest BCUT2D eigenvalue weighted by Crippen LogP contribution is -2.35. The van der Waals surface area contributed by atoms with E-state index in [1.807, 2.05) is 6.07 Å². The average molecular weight is 278 g/mol. The number of hydrogen-bond donors (Lipinski definition) is 2. The van der Waals surface area contributed by atoms with E-state index in [1.165, 1.54) is 5.01 Å². The largest absolute Gasteiger partial charge is 0.321 e. The molecule has 0 radical (unpaired) electrons. The molecule has 0 fully saturated rings. The maximum atomic E-state index is 5.85. The summed E-state index contributed by atoms with van der Waals surface area (Å²) in [6, 6.07) is 5.31. The normalized spacial score (nSPS) is 11.6. The van der Waals surface area contributed by atoms with E-state index in [9.17, 15) is 0 Å². The van der Waals surface area contributed by atoms with Crippen molar-refractivity contribution in [2.24, 2.45) is 16.8 Å². The molecule has 0 spiro atoms. The van der Waals surface area contributed by atoms with Crippen LogP contribution in [0.5, 0.6) is 0 Å². The molecule has 0 aliphatic carbocycles. The fourth-order valence-corrected chi connectivity index (χ4v) is 1.62. The minimum absolute atomic E-state index is 0.458. The standard InChI is InChI=1S/C8H10BrClN4/c1-14(12)8(13-11)6-4-5(10)2-3-7(6)9/h2-4H,11-12H2,1H3/b13-8-. The molecule has 0 atom stereocenters. The van der Waals surface area contributed by atoms with Crippen LogP contribution in [0, 0.1) is 0 Å². The molecule has 0 aromatic heterocycles. The van der Waals surface area contributed by atoms with Crippen LogP contribution >= 0.6 is 27.5 Å². The zero-order chi connectivity index (χ0) is 10.7. The number of nitrogens with zero attached hydrogens (tertiary/aromatic N) is 2. The van der Waals surface area contributed by atoms with Crippen molar-refractivity contribution in [3.05, 3.63) is 33.3 Å². The molecule has 1 aromatic carbocycles. The van der Waals surface area contributed by atoms with Gasteiger partial charge in [0, 0.05) is 22.1 Å². The topological polar surface area (TPSA) is 67.6 Å². The number of nitrogens with two attached hydrogens (primary N) is 2. The molecular weight excluding hydrogens is 267 g/mol. The second-order valence-corrected chi connectivity index (χ2v) is 3.98. The van der Waals surface area contributed by atoms with Gasteiger partial charge in [-0.25, -0.2) is 5.84 Å². The van der Waals surface area contributed by atoms with Crippen molar-refractivity contribution in [2.45, 2.75) is 0 Å². The first kappa shape index (κ1) is 11.3. The first-order valence-corrected chi connectivity index (χ1v) is 4.95. The number of halogens is 2. The van der Waals surface area contributed by atoms with Crippen molar-refractivity contribution >= 4 is 33.4 Å². The molecule has 4 nitrogen and oxygen atoms in total. The zero-order valence-corrected chi connectivity index (χ0v) is 9.88. The lowest BCUT2D eigenvalue weighted by atomic mass is 10.2. The predicted octanol–water partition coefficient (Wildman–Crippen LogP) is 1.53. The van der Waals surface area contributed by atoms with Crippen molar-refractivity contribution in [3.8, 4) is 0 Å². The predicted molar refractivity (Wildman–Crippen MR) is 61.8 cm³/mol. The van der Waals surface area contributed by atoms with E-state index >= 15 is 0 Å². The van der Waals surface area contributed by atoms with Crippen molar-refractivity contribution in [1.29, 1.82) is 0 Å². The Hall–Kier alpha value is -0.780. The summed E-state index contributed by atoms with van der Waals surface area (Å²) in [5.41, 5.74) is 0.755. The molecule has 1 aromatic rings. The van der Waals surface area contributed by atoms with Crippen LogP contribution in [0.25, 0.3) is 0 Å². The highest BCUT2D eigenvalue weighted by molar-refractivity contribution is 9.10. The number of rotatable bonds is 1. The minimum Gasteiger partial charge on any atom is -0.321 e. The van der Waals surface area contributed by atoms with Crippen molar-refractivity contribution in [3.63, 3.8) is 0 Å². The number of benzene rings is 1. The van der Waals surface area contributed by atoms with Gasteiger partial charge in [0.05, 0.1) is 0 Å². The maximum absolute atomic E-state index is 5.85. The molecule has 6 heteroatoms. The molecule has 0 saturated carbocycles. The van der Waals surface area contributed by atoms with E-state index in [4.69, 9.17) is 23.3 Å². The highest BCUT2D eigenvalue weighted by Gasteiger charge is 2.10. The summed E-state index contributed by atoms with van der Waals surface area (Å²) in [6.45, 7) is 0. The molecular formula is C8H10BrClN4. The van der Waals surface area contributed by atoms with Gasteiger partial charge < -0.3 is 5.84 Å². The van der Waals surface area contributed by atoms with Gasteiger partial charge in [-0.05, 0) is 18.2 Å². The Kier molecular flexibility index (Phi) is 3.74. The summed E-state index contributed by atoms with van der Waals surface area (Å²) in [4.78, 5) is 0. The van der Waals surface area contributed by atoms with E-state index < -0.39 is 0 Å². The van der Waals surface area contributed by atoms with E-state index in [-0.39, 0.29) is 0 Å². The molecule has 4 N–H and O–H groups in total. The first-order chi connectivity index (χ1) is 6.56. The SMILES string of the molecule is CN(N)/C(=N\N)c1cc(Cl)ccc1Br. The van der Waals surface area contributed by atoms with Crippen molar-refractivity contribution in [2.75, 3.05) is 7.05 Å². The van der Waals surface area contributed by atoms with E-state index in [0.29, 0.717) is 10.9 Å². The quantitative estimate of drug-likeness (QED) is 0.354. The second kappa shape index (κ2) is 4.63. The molecule has 14 heavy (non-hydrogen) atoms. The summed E-state index contributed by atoms with van der Waals surface area (Å²) in [5, 5.41) is 5.52. The number of hydrogen-bond acceptors (Lipinski definition) is 3. The molecule has 76 valence electrons. The van der Waals surface area contributed by atoms with Crippen molar-refractivity contribution < 1.29 is 0 Å². The summed E-state index contributed by atoms with van der Waals surface area (Å²) in [5.74, 6) is 11.2. The van der Waals surface area contributed by atoms with Crippen LogP contribution < -0.4 is 11.7 Å². The van der Waals surface area contributed by atoms with Crippen LogP contribution in [0.3, 0.4) is 0 Å². The van der Waals surface area contributed by atoms with Gasteiger partial charge in [0.1, 0.15) is 0 Å². The molecule has 0 aliphatic rings. The van der Waals surface area contributed by atoms with Crippen LogP contribution in [0.4, 0.5) is 0 Å². The van der Waals surface area contributed by atoms with E-state index in [2.05, 4.69) is 21.0 Å². The van der Waals surface area contributed by atoms with Gasteiger partial charge in [0.15, 0.2) is 5.84 Å². The molecule has 0 heterocycles. The Balaban J connectivity index is 3.23. The molecule has 0 aliphatic heterocycles. The van der Waals surface area contributed by atoms with Gasteiger partial charge in [0.25, 0.3) is 0 Å². The minimum atomic E-state index is 0.458. The summed E-state index contributed by atoms with van der Waals surface area (Å²) in [6.07, 6.45) is 0. The molecule has 0 amide bonds. The average Bonchev–Trinajstić information content (AvgIpc) is 2.11. The third-order valence-corrected chi connectivity index (χ3v) is 2.55. The van der Waals surface area contributed by atoms with Gasteiger partial charge in [0.2, 0.25) is 0 Å². The Labute approximate surface area is 95.6 Å². The molecule has 0 bridgehead atoms. The molecule has 0 unspecified atom stereocenters. The third-order valence-electron chi connectivity index (χ3n) is 1.63. The van der Waals surface area contributed by atoms with Gasteiger partial charge in [-0.1, -0.05) is 27.5 Å². The fourth-order valence-electron chi connectivity index (χ4n) is 1.02. The fraction of sp³-hybridized carbons (Fsp3) is 0.125. The number of hydrazine groups is 1. The Morgan fingerprint density at radius 3 is 2.71 bits per heavy atom. The smallest absolute Gasteiger partial charge is 0.170 e. The maximum Gasteiger partial charge on any atom is 0.170 e. The summed E-state index contributed by atoms with van der Waals surface area (Å²) in [7, 11) is 1.65. The Morgan fingerprint density at radius 2 is 2.21 bits per heavy atom. The van der Waals surface area contributed by atoms with Gasteiger partial charge in [-0.3, -0.25) is 5.01 Å². The highest BCUT2D eigenvalue weighted by Crippen LogP contribution is 2.21. The van der Waals surface area contributed by atoms with Crippen molar-refractivity contribution in [1.82, 2.24) is 5.01 Å². The van der Waals surface area contributed by atoms with Gasteiger partial charge >= 0.3 is 0 Å². The summed E-state index contributed by atoms with van der Waals surface area (Å²) >= 11 is 9.21.